The minimum Gasteiger partial charge on any atom is -0.497 e. The van der Waals surface area contributed by atoms with Gasteiger partial charge in [-0.2, -0.15) is 0 Å². The number of rotatable bonds is 6. The van der Waals surface area contributed by atoms with Gasteiger partial charge in [-0.3, -0.25) is 0 Å². The summed E-state index contributed by atoms with van der Waals surface area (Å²) in [7, 11) is -1.93. The maximum atomic E-state index is 12.5. The fourth-order valence-corrected chi connectivity index (χ4v) is 4.29. The minimum atomic E-state index is -3.56. The highest BCUT2D eigenvalue weighted by Gasteiger charge is 2.23. The van der Waals surface area contributed by atoms with Gasteiger partial charge in [0.15, 0.2) is 0 Å². The molecule has 8 heteroatoms. The molecule has 1 atom stereocenters. The van der Waals surface area contributed by atoms with Crippen LogP contribution in [0.4, 0.5) is 0 Å². The van der Waals surface area contributed by atoms with E-state index in [2.05, 4.69) is 9.71 Å². The van der Waals surface area contributed by atoms with Crippen LogP contribution in [0.1, 0.15) is 11.4 Å². The molecule has 0 saturated heterocycles. The van der Waals surface area contributed by atoms with Gasteiger partial charge in [-0.1, -0.05) is 17.7 Å². The van der Waals surface area contributed by atoms with Gasteiger partial charge in [0.05, 0.1) is 30.3 Å². The largest absolute Gasteiger partial charge is 0.497 e. The second kappa shape index (κ2) is 7.98. The van der Waals surface area contributed by atoms with E-state index >= 15 is 0 Å². The first-order valence-electron chi connectivity index (χ1n) is 9.33. The van der Waals surface area contributed by atoms with Crippen molar-refractivity contribution in [2.75, 3.05) is 13.7 Å². The molecule has 4 rings (SSSR count). The Bertz CT molecular complexity index is 1090. The van der Waals surface area contributed by atoms with Gasteiger partial charge in [-0.15, -0.1) is 0 Å². The van der Waals surface area contributed by atoms with Crippen LogP contribution < -0.4 is 9.46 Å². The maximum Gasteiger partial charge on any atom is 0.240 e. The Morgan fingerprint density at radius 1 is 1.17 bits per heavy atom. The maximum absolute atomic E-state index is 12.5. The molecule has 0 aliphatic carbocycles. The van der Waals surface area contributed by atoms with Crippen LogP contribution in [0.15, 0.2) is 59.6 Å². The molecule has 2 aromatic carbocycles. The third-order valence-corrected chi connectivity index (χ3v) is 6.37. The summed E-state index contributed by atoms with van der Waals surface area (Å²) in [5.74, 6) is 1.62. The van der Waals surface area contributed by atoms with Gasteiger partial charge < -0.3 is 14.0 Å². The molecule has 1 aromatic heterocycles. The number of imidazole rings is 1. The first-order valence-corrected chi connectivity index (χ1v) is 10.8. The number of nitrogens with zero attached hydrogens (tertiary/aromatic N) is 2. The molecule has 0 unspecified atom stereocenters. The van der Waals surface area contributed by atoms with Gasteiger partial charge >= 0.3 is 0 Å². The Morgan fingerprint density at radius 3 is 2.59 bits per heavy atom. The van der Waals surface area contributed by atoms with E-state index in [9.17, 15) is 8.42 Å². The van der Waals surface area contributed by atoms with Crippen molar-refractivity contribution < 1.29 is 17.9 Å². The lowest BCUT2D eigenvalue weighted by molar-refractivity contribution is 0.00586. The summed E-state index contributed by atoms with van der Waals surface area (Å²) in [4.78, 5) is 4.89. The molecule has 2 heterocycles. The molecule has 0 amide bonds. The smallest absolute Gasteiger partial charge is 0.240 e. The summed E-state index contributed by atoms with van der Waals surface area (Å²) in [5, 5.41) is 0. The Balaban J connectivity index is 1.42. The molecular weight excluding hydrogens is 390 g/mol. The summed E-state index contributed by atoms with van der Waals surface area (Å²) in [6.45, 7) is 3.00. The van der Waals surface area contributed by atoms with Crippen molar-refractivity contribution >= 4 is 10.0 Å². The number of hydrogen-bond donors (Lipinski definition) is 1. The molecule has 29 heavy (non-hydrogen) atoms. The molecule has 0 radical (unpaired) electrons. The Kier molecular flexibility index (Phi) is 5.40. The van der Waals surface area contributed by atoms with Crippen LogP contribution in [-0.2, 0) is 27.9 Å². The zero-order chi connectivity index (χ0) is 20.4. The minimum absolute atomic E-state index is 0.200. The highest BCUT2D eigenvalue weighted by atomic mass is 32.2. The van der Waals surface area contributed by atoms with E-state index in [1.165, 1.54) is 0 Å². The van der Waals surface area contributed by atoms with Crippen LogP contribution in [0, 0.1) is 6.92 Å². The van der Waals surface area contributed by atoms with Crippen molar-refractivity contribution in [2.45, 2.75) is 31.1 Å². The third-order valence-electron chi connectivity index (χ3n) is 4.93. The molecule has 0 fully saturated rings. The lowest BCUT2D eigenvalue weighted by Crippen LogP contribution is -2.38. The Hall–Kier alpha value is -2.68. The highest BCUT2D eigenvalue weighted by molar-refractivity contribution is 7.89. The molecule has 1 N–H and O–H groups in total. The van der Waals surface area contributed by atoms with E-state index in [0.717, 1.165) is 28.4 Å². The fourth-order valence-electron chi connectivity index (χ4n) is 3.22. The fraction of sp³-hybridized carbons (Fsp3) is 0.286. The van der Waals surface area contributed by atoms with Gasteiger partial charge in [0.2, 0.25) is 10.0 Å². The van der Waals surface area contributed by atoms with Gasteiger partial charge in [-0.25, -0.2) is 18.1 Å². The molecule has 1 aliphatic heterocycles. The lowest BCUT2D eigenvalue weighted by Gasteiger charge is -2.24. The summed E-state index contributed by atoms with van der Waals surface area (Å²) >= 11 is 0. The van der Waals surface area contributed by atoms with Crippen LogP contribution >= 0.6 is 0 Å². The lowest BCUT2D eigenvalue weighted by atomic mass is 10.2. The van der Waals surface area contributed by atoms with E-state index in [1.54, 1.807) is 31.4 Å². The highest BCUT2D eigenvalue weighted by Crippen LogP contribution is 2.24. The van der Waals surface area contributed by atoms with Crippen LogP contribution in [0.2, 0.25) is 0 Å². The zero-order valence-electron chi connectivity index (χ0n) is 16.3. The van der Waals surface area contributed by atoms with Crippen LogP contribution in [0.5, 0.6) is 5.75 Å². The average Bonchev–Trinajstić information content (AvgIpc) is 3.16. The molecule has 3 aromatic rings. The third kappa shape index (κ3) is 4.34. The van der Waals surface area contributed by atoms with Gasteiger partial charge in [0.25, 0.3) is 0 Å². The first kappa shape index (κ1) is 19.6. The number of hydrogen-bond acceptors (Lipinski definition) is 5. The molecule has 152 valence electrons. The molecule has 1 aliphatic rings. The van der Waals surface area contributed by atoms with E-state index < -0.39 is 10.0 Å². The van der Waals surface area contributed by atoms with E-state index in [4.69, 9.17) is 9.47 Å². The van der Waals surface area contributed by atoms with Crippen LogP contribution in [0.25, 0.3) is 11.3 Å². The van der Waals surface area contributed by atoms with Gasteiger partial charge in [0, 0.05) is 18.3 Å². The molecule has 0 bridgehead atoms. The number of nitrogens with one attached hydrogen (secondary N) is 1. The van der Waals surface area contributed by atoms with E-state index in [1.807, 2.05) is 42.0 Å². The predicted octanol–water partition coefficient (Wildman–Crippen LogP) is 2.74. The predicted molar refractivity (Wildman–Crippen MR) is 109 cm³/mol. The summed E-state index contributed by atoms with van der Waals surface area (Å²) in [5.41, 5.74) is 2.86. The normalized spacial score (nSPS) is 16.4. The number of fused-ring (bicyclic) bond motifs is 1. The van der Waals surface area contributed by atoms with Crippen molar-refractivity contribution in [3.05, 3.63) is 66.1 Å². The SMILES string of the molecule is COc1ccc(-c2cn3c(n2)CO[C@@H](CNS(=O)(=O)c2ccc(C)cc2)C3)cc1. The summed E-state index contributed by atoms with van der Waals surface area (Å²) in [6.07, 6.45) is 1.71. The van der Waals surface area contributed by atoms with E-state index in [-0.39, 0.29) is 17.5 Å². The summed E-state index contributed by atoms with van der Waals surface area (Å²) < 4.78 is 40.6. The Labute approximate surface area is 170 Å². The monoisotopic (exact) mass is 413 g/mol. The van der Waals surface area contributed by atoms with Crippen LogP contribution in [0.3, 0.4) is 0 Å². The number of sulfonamides is 1. The van der Waals surface area contributed by atoms with Crippen molar-refractivity contribution in [2.24, 2.45) is 0 Å². The molecule has 0 spiro atoms. The Morgan fingerprint density at radius 2 is 1.90 bits per heavy atom. The molecule has 7 nitrogen and oxygen atoms in total. The van der Waals surface area contributed by atoms with Crippen molar-refractivity contribution in [3.8, 4) is 17.0 Å². The standard InChI is InChI=1S/C21H23N3O4S/c1-15-3-9-19(10-4-15)29(25,26)22-11-18-12-24-13-20(23-21(24)14-28-18)16-5-7-17(27-2)8-6-16/h3-10,13,18,22H,11-12,14H2,1-2H3/t18-/m0/s1. The second-order valence-corrected chi connectivity index (χ2v) is 8.79. The van der Waals surface area contributed by atoms with Crippen molar-refractivity contribution in [3.63, 3.8) is 0 Å². The van der Waals surface area contributed by atoms with Gasteiger partial charge in [-0.05, 0) is 43.3 Å². The molecule has 0 saturated carbocycles. The van der Waals surface area contributed by atoms with Crippen LogP contribution in [-0.4, -0.2) is 37.7 Å². The second-order valence-electron chi connectivity index (χ2n) is 7.02. The zero-order valence-corrected chi connectivity index (χ0v) is 17.1. The summed E-state index contributed by atoms with van der Waals surface area (Å²) in [6, 6.07) is 14.5. The number of aromatic nitrogens is 2. The number of benzene rings is 2. The van der Waals surface area contributed by atoms with Crippen molar-refractivity contribution in [1.82, 2.24) is 14.3 Å². The van der Waals surface area contributed by atoms with Gasteiger partial charge in [0.1, 0.15) is 18.2 Å². The van der Waals surface area contributed by atoms with Crippen molar-refractivity contribution in [1.29, 1.82) is 0 Å². The topological polar surface area (TPSA) is 82.4 Å². The average molecular weight is 413 g/mol. The van der Waals surface area contributed by atoms with E-state index in [0.29, 0.717) is 13.2 Å². The molecular formula is C21H23N3O4S. The number of methoxy groups -OCH3 is 1. The quantitative estimate of drug-likeness (QED) is 0.672. The number of ether oxygens (including phenoxy) is 2. The first-order chi connectivity index (χ1) is 13.9. The number of aryl methyl sites for hydroxylation is 1.